The second kappa shape index (κ2) is 9.61. The number of carbonyl (C=O) groups excluding carboxylic acids is 2. The molecule has 0 aromatic carbocycles. The van der Waals surface area contributed by atoms with Crippen molar-refractivity contribution < 1.29 is 32.2 Å². The lowest BCUT2D eigenvalue weighted by Gasteiger charge is -2.24. The van der Waals surface area contributed by atoms with Crippen molar-refractivity contribution >= 4 is 23.5 Å². The molecule has 10 heteroatoms. The second-order valence-electron chi connectivity index (χ2n) is 5.47. The molecule has 0 bridgehead atoms. The number of hydrogen-bond acceptors (Lipinski definition) is 5. The highest BCUT2D eigenvalue weighted by Gasteiger charge is 2.30. The van der Waals surface area contributed by atoms with E-state index in [0.717, 1.165) is 12.3 Å². The van der Waals surface area contributed by atoms with Crippen molar-refractivity contribution in [2.24, 2.45) is 5.92 Å². The van der Waals surface area contributed by atoms with Crippen LogP contribution in [-0.4, -0.2) is 42.8 Å². The van der Waals surface area contributed by atoms with Gasteiger partial charge in [-0.1, -0.05) is 38.3 Å². The largest absolute Gasteiger partial charge is 0.467 e. The summed E-state index contributed by atoms with van der Waals surface area (Å²) >= 11 is 5.82. The number of rotatable bonds is 8. The minimum absolute atomic E-state index is 0.0192. The SMILES string of the molecule is CCC(CC)C(NC(=O)c1cnc(OCC(F)(F)F)c(Cl)c1)C(=O)OC. The molecule has 0 aliphatic carbocycles. The van der Waals surface area contributed by atoms with Gasteiger partial charge in [0.25, 0.3) is 5.91 Å². The highest BCUT2D eigenvalue weighted by molar-refractivity contribution is 6.32. The summed E-state index contributed by atoms with van der Waals surface area (Å²) in [5.74, 6) is -1.81. The Hall–Kier alpha value is -2.03. The first kappa shape index (κ1) is 22.0. The van der Waals surface area contributed by atoms with Gasteiger partial charge in [0, 0.05) is 6.20 Å². The summed E-state index contributed by atoms with van der Waals surface area (Å²) in [7, 11) is 1.22. The Labute approximate surface area is 154 Å². The first-order valence-corrected chi connectivity index (χ1v) is 8.24. The number of aromatic nitrogens is 1. The van der Waals surface area contributed by atoms with Crippen molar-refractivity contribution in [2.75, 3.05) is 13.7 Å². The van der Waals surface area contributed by atoms with E-state index >= 15 is 0 Å². The van der Waals surface area contributed by atoms with Crippen LogP contribution < -0.4 is 10.1 Å². The van der Waals surface area contributed by atoms with Crippen LogP contribution in [0.25, 0.3) is 0 Å². The monoisotopic (exact) mass is 396 g/mol. The number of carbonyl (C=O) groups is 2. The third kappa shape index (κ3) is 6.36. The lowest BCUT2D eigenvalue weighted by molar-refractivity contribution is -0.154. The van der Waals surface area contributed by atoms with Crippen LogP contribution in [0.2, 0.25) is 5.02 Å². The third-order valence-electron chi connectivity index (χ3n) is 3.70. The zero-order chi connectivity index (χ0) is 19.9. The number of ether oxygens (including phenoxy) is 2. The highest BCUT2D eigenvalue weighted by Crippen LogP contribution is 2.25. The number of alkyl halides is 3. The molecule has 0 saturated carbocycles. The molecule has 0 saturated heterocycles. The topological polar surface area (TPSA) is 77.5 Å². The number of amides is 1. The average Bonchev–Trinajstić information content (AvgIpc) is 2.59. The maximum Gasteiger partial charge on any atom is 0.422 e. The van der Waals surface area contributed by atoms with E-state index in [4.69, 9.17) is 16.3 Å². The number of halogens is 4. The molecule has 146 valence electrons. The summed E-state index contributed by atoms with van der Waals surface area (Å²) in [6.07, 6.45) is -2.24. The lowest BCUT2D eigenvalue weighted by atomic mass is 9.94. The number of pyridine rings is 1. The molecule has 0 radical (unpaired) electrons. The Morgan fingerprint density at radius 3 is 2.38 bits per heavy atom. The van der Waals surface area contributed by atoms with Crippen LogP contribution >= 0.6 is 11.6 Å². The van der Waals surface area contributed by atoms with Gasteiger partial charge >= 0.3 is 12.1 Å². The van der Waals surface area contributed by atoms with Crippen molar-refractivity contribution in [1.29, 1.82) is 0 Å². The van der Waals surface area contributed by atoms with E-state index in [1.54, 1.807) is 0 Å². The van der Waals surface area contributed by atoms with Gasteiger partial charge in [0.1, 0.15) is 11.1 Å². The van der Waals surface area contributed by atoms with Crippen LogP contribution in [0.15, 0.2) is 12.3 Å². The first-order chi connectivity index (χ1) is 12.1. The maximum atomic E-state index is 12.4. The molecule has 1 rings (SSSR count). The van der Waals surface area contributed by atoms with Crippen LogP contribution in [0, 0.1) is 5.92 Å². The summed E-state index contributed by atoms with van der Waals surface area (Å²) in [6, 6.07) is 0.263. The van der Waals surface area contributed by atoms with E-state index < -0.39 is 36.6 Å². The first-order valence-electron chi connectivity index (χ1n) is 7.86. The van der Waals surface area contributed by atoms with Gasteiger partial charge in [-0.3, -0.25) is 4.79 Å². The molecular formula is C16H20ClF3N2O4. The van der Waals surface area contributed by atoms with E-state index in [-0.39, 0.29) is 16.5 Å². The summed E-state index contributed by atoms with van der Waals surface area (Å²) in [5, 5.41) is 2.31. The van der Waals surface area contributed by atoms with Crippen LogP contribution in [0.5, 0.6) is 5.88 Å². The van der Waals surface area contributed by atoms with Gasteiger partial charge in [-0.05, 0) is 12.0 Å². The van der Waals surface area contributed by atoms with E-state index in [9.17, 15) is 22.8 Å². The van der Waals surface area contributed by atoms with Gasteiger partial charge in [-0.2, -0.15) is 13.2 Å². The van der Waals surface area contributed by atoms with Crippen molar-refractivity contribution in [3.8, 4) is 5.88 Å². The normalized spacial score (nSPS) is 12.6. The molecule has 1 heterocycles. The van der Waals surface area contributed by atoms with Gasteiger partial charge < -0.3 is 14.8 Å². The van der Waals surface area contributed by atoms with E-state index in [0.29, 0.717) is 12.8 Å². The fraction of sp³-hybridized carbons (Fsp3) is 0.562. The molecule has 1 aromatic rings. The predicted octanol–water partition coefficient (Wildman–Crippen LogP) is 3.38. The molecule has 0 fully saturated rings. The van der Waals surface area contributed by atoms with E-state index in [1.165, 1.54) is 7.11 Å². The van der Waals surface area contributed by atoms with Crippen LogP contribution in [0.1, 0.15) is 37.0 Å². The van der Waals surface area contributed by atoms with Gasteiger partial charge in [-0.25, -0.2) is 9.78 Å². The molecular weight excluding hydrogens is 377 g/mol. The van der Waals surface area contributed by atoms with Gasteiger partial charge in [0.05, 0.1) is 12.7 Å². The molecule has 0 spiro atoms. The summed E-state index contributed by atoms with van der Waals surface area (Å²) in [6.45, 7) is 2.20. The molecule has 1 amide bonds. The van der Waals surface area contributed by atoms with E-state index in [1.807, 2.05) is 13.8 Å². The quantitative estimate of drug-likeness (QED) is 0.681. The smallest absolute Gasteiger partial charge is 0.422 e. The third-order valence-corrected chi connectivity index (χ3v) is 3.97. The van der Waals surface area contributed by atoms with Crippen LogP contribution in [0.3, 0.4) is 0 Å². The van der Waals surface area contributed by atoms with Gasteiger partial charge in [0.2, 0.25) is 5.88 Å². The summed E-state index contributed by atoms with van der Waals surface area (Å²) in [4.78, 5) is 27.9. The molecule has 0 aliphatic heterocycles. The fourth-order valence-corrected chi connectivity index (χ4v) is 2.51. The van der Waals surface area contributed by atoms with Gasteiger partial charge in [-0.15, -0.1) is 0 Å². The Bertz CT molecular complexity index is 636. The predicted molar refractivity (Wildman–Crippen MR) is 88.1 cm³/mol. The number of nitrogens with zero attached hydrogens (tertiary/aromatic N) is 1. The molecule has 1 unspecified atom stereocenters. The zero-order valence-corrected chi connectivity index (χ0v) is 15.3. The second-order valence-corrected chi connectivity index (χ2v) is 5.87. The number of esters is 1. The molecule has 26 heavy (non-hydrogen) atoms. The molecule has 1 N–H and O–H groups in total. The summed E-state index contributed by atoms with van der Waals surface area (Å²) in [5.41, 5.74) is -0.0192. The molecule has 1 aromatic heterocycles. The lowest BCUT2D eigenvalue weighted by Crippen LogP contribution is -2.46. The molecule has 1 atom stereocenters. The Morgan fingerprint density at radius 1 is 1.31 bits per heavy atom. The Balaban J connectivity index is 2.91. The van der Waals surface area contributed by atoms with Crippen molar-refractivity contribution in [3.05, 3.63) is 22.8 Å². The van der Waals surface area contributed by atoms with Crippen LogP contribution in [-0.2, 0) is 9.53 Å². The van der Waals surface area contributed by atoms with Crippen molar-refractivity contribution in [1.82, 2.24) is 10.3 Å². The van der Waals surface area contributed by atoms with Crippen LogP contribution in [0.4, 0.5) is 13.2 Å². The molecule has 6 nitrogen and oxygen atoms in total. The Morgan fingerprint density at radius 2 is 1.92 bits per heavy atom. The number of nitrogens with one attached hydrogen (secondary N) is 1. The molecule has 0 aliphatic rings. The highest BCUT2D eigenvalue weighted by atomic mass is 35.5. The van der Waals surface area contributed by atoms with Gasteiger partial charge in [0.15, 0.2) is 6.61 Å². The minimum atomic E-state index is -4.54. The van der Waals surface area contributed by atoms with E-state index in [2.05, 4.69) is 15.0 Å². The number of hydrogen-bond donors (Lipinski definition) is 1. The minimum Gasteiger partial charge on any atom is -0.467 e. The zero-order valence-electron chi connectivity index (χ0n) is 14.5. The van der Waals surface area contributed by atoms with Crippen molar-refractivity contribution in [3.63, 3.8) is 0 Å². The average molecular weight is 397 g/mol. The fourth-order valence-electron chi connectivity index (χ4n) is 2.29. The standard InChI is InChI=1S/C16H20ClF3N2O4/c1-4-9(5-2)12(15(24)25-3)22-13(23)10-6-11(17)14(21-7-10)26-8-16(18,19)20/h6-7,9,12H,4-5,8H2,1-3H3,(H,22,23). The maximum absolute atomic E-state index is 12.4. The Kier molecular flexibility index (Phi) is 8.13. The summed E-state index contributed by atoms with van der Waals surface area (Å²) < 4.78 is 45.7. The number of methoxy groups -OCH3 is 1. The van der Waals surface area contributed by atoms with Crippen molar-refractivity contribution in [2.45, 2.75) is 38.9 Å².